The van der Waals surface area contributed by atoms with Crippen molar-refractivity contribution in [2.24, 2.45) is 5.92 Å². The number of nitrogens with one attached hydrogen (secondary N) is 1. The molecule has 0 spiro atoms. The van der Waals surface area contributed by atoms with Crippen LogP contribution in [0.25, 0.3) is 0 Å². The van der Waals surface area contributed by atoms with Crippen molar-refractivity contribution in [2.75, 3.05) is 38.3 Å². The Bertz CT molecular complexity index is 433. The van der Waals surface area contributed by atoms with E-state index in [0.29, 0.717) is 5.92 Å². The molecular weight excluding hydrogens is 284 g/mol. The Hall–Kier alpha value is -0.770. The Morgan fingerprint density at radius 1 is 1.43 bits per heavy atom. The first-order valence-corrected chi connectivity index (χ1v) is 8.36. The molecule has 0 radical (unpaired) electrons. The quantitative estimate of drug-likeness (QED) is 0.777. The van der Waals surface area contributed by atoms with Crippen molar-refractivity contribution in [3.05, 3.63) is 28.8 Å². The highest BCUT2D eigenvalue weighted by molar-refractivity contribution is 6.30. The molecule has 2 rings (SSSR count). The minimum atomic E-state index is 0.624. The molecule has 1 fully saturated rings. The van der Waals surface area contributed by atoms with E-state index >= 15 is 0 Å². The predicted molar refractivity (Wildman–Crippen MR) is 90.3 cm³/mol. The van der Waals surface area contributed by atoms with Crippen LogP contribution in [0.5, 0.6) is 0 Å². The second-order valence-electron chi connectivity index (χ2n) is 5.91. The highest BCUT2D eigenvalue weighted by atomic mass is 35.5. The molecule has 21 heavy (non-hydrogen) atoms. The van der Waals surface area contributed by atoms with Crippen molar-refractivity contribution in [1.82, 2.24) is 5.32 Å². The lowest BCUT2D eigenvalue weighted by Gasteiger charge is -2.30. The molecule has 1 saturated heterocycles. The number of hydrogen-bond acceptors (Lipinski definition) is 3. The van der Waals surface area contributed by atoms with Crippen molar-refractivity contribution >= 4 is 17.3 Å². The topological polar surface area (TPSA) is 24.5 Å². The first kappa shape index (κ1) is 16.6. The van der Waals surface area contributed by atoms with E-state index in [4.69, 9.17) is 16.3 Å². The van der Waals surface area contributed by atoms with Gasteiger partial charge in [-0.05, 0) is 49.4 Å². The zero-order valence-electron chi connectivity index (χ0n) is 13.2. The fourth-order valence-corrected chi connectivity index (χ4v) is 3.05. The monoisotopic (exact) mass is 310 g/mol. The fraction of sp³-hybridized carbons (Fsp3) is 0.647. The molecule has 0 saturated carbocycles. The Balaban J connectivity index is 2.02. The van der Waals surface area contributed by atoms with Gasteiger partial charge in [-0.25, -0.2) is 0 Å². The smallest absolute Gasteiger partial charge is 0.0511 e. The summed E-state index contributed by atoms with van der Waals surface area (Å²) in [5, 5.41) is 4.28. The van der Waals surface area contributed by atoms with Crippen LogP contribution in [0.1, 0.15) is 31.7 Å². The van der Waals surface area contributed by atoms with Crippen molar-refractivity contribution in [3.63, 3.8) is 0 Å². The third-order valence-electron chi connectivity index (χ3n) is 3.99. The summed E-state index contributed by atoms with van der Waals surface area (Å²) in [5.74, 6) is 0.624. The van der Waals surface area contributed by atoms with E-state index in [2.05, 4.69) is 36.3 Å². The minimum Gasteiger partial charge on any atom is -0.381 e. The molecule has 118 valence electrons. The average Bonchev–Trinajstić information content (AvgIpc) is 2.50. The Morgan fingerprint density at radius 3 is 3.00 bits per heavy atom. The molecule has 0 aromatic heterocycles. The van der Waals surface area contributed by atoms with E-state index in [1.165, 1.54) is 24.1 Å². The first-order valence-electron chi connectivity index (χ1n) is 7.98. The van der Waals surface area contributed by atoms with Crippen LogP contribution >= 0.6 is 11.6 Å². The van der Waals surface area contributed by atoms with Gasteiger partial charge in [-0.3, -0.25) is 0 Å². The summed E-state index contributed by atoms with van der Waals surface area (Å²) in [7, 11) is 2.16. The van der Waals surface area contributed by atoms with Gasteiger partial charge in [0, 0.05) is 37.5 Å². The third-order valence-corrected chi connectivity index (χ3v) is 4.22. The number of rotatable bonds is 7. The summed E-state index contributed by atoms with van der Waals surface area (Å²) in [5.41, 5.74) is 2.55. The molecule has 0 aliphatic carbocycles. The Labute approximate surface area is 133 Å². The van der Waals surface area contributed by atoms with E-state index < -0.39 is 0 Å². The number of nitrogens with zero attached hydrogens (tertiary/aromatic N) is 1. The summed E-state index contributed by atoms with van der Waals surface area (Å²) in [4.78, 5) is 2.33. The molecule has 1 aromatic carbocycles. The summed E-state index contributed by atoms with van der Waals surface area (Å²) in [6.07, 6.45) is 3.59. The van der Waals surface area contributed by atoms with Gasteiger partial charge in [-0.2, -0.15) is 0 Å². The van der Waals surface area contributed by atoms with Crippen LogP contribution in [-0.4, -0.2) is 33.4 Å². The Kier molecular flexibility index (Phi) is 6.81. The van der Waals surface area contributed by atoms with Gasteiger partial charge in [0.05, 0.1) is 6.61 Å². The number of halogens is 1. The highest BCUT2D eigenvalue weighted by Crippen LogP contribution is 2.26. The zero-order valence-corrected chi connectivity index (χ0v) is 14.0. The van der Waals surface area contributed by atoms with Crippen LogP contribution in [0, 0.1) is 5.92 Å². The van der Waals surface area contributed by atoms with Crippen molar-refractivity contribution in [3.8, 4) is 0 Å². The van der Waals surface area contributed by atoms with Gasteiger partial charge >= 0.3 is 0 Å². The van der Waals surface area contributed by atoms with Gasteiger partial charge in [0.1, 0.15) is 0 Å². The molecule has 0 amide bonds. The Morgan fingerprint density at radius 2 is 2.29 bits per heavy atom. The molecule has 1 N–H and O–H groups in total. The van der Waals surface area contributed by atoms with E-state index in [9.17, 15) is 0 Å². The molecule has 1 aliphatic heterocycles. The lowest BCUT2D eigenvalue weighted by molar-refractivity contribution is 0.0576. The average molecular weight is 311 g/mol. The van der Waals surface area contributed by atoms with Crippen LogP contribution < -0.4 is 10.2 Å². The maximum absolute atomic E-state index is 6.19. The second kappa shape index (κ2) is 8.62. The molecule has 1 aromatic rings. The van der Waals surface area contributed by atoms with Crippen LogP contribution in [-0.2, 0) is 11.3 Å². The van der Waals surface area contributed by atoms with Crippen LogP contribution in [0.2, 0.25) is 5.02 Å². The third kappa shape index (κ3) is 5.17. The summed E-state index contributed by atoms with van der Waals surface area (Å²) in [6.45, 7) is 6.96. The van der Waals surface area contributed by atoms with Gasteiger partial charge in [0.25, 0.3) is 0 Å². The maximum Gasteiger partial charge on any atom is 0.0511 e. The lowest BCUT2D eigenvalue weighted by atomic mass is 10.0. The molecule has 0 bridgehead atoms. The largest absolute Gasteiger partial charge is 0.381 e. The van der Waals surface area contributed by atoms with Crippen molar-refractivity contribution < 1.29 is 4.74 Å². The van der Waals surface area contributed by atoms with Crippen LogP contribution in [0.15, 0.2) is 18.2 Å². The van der Waals surface area contributed by atoms with Gasteiger partial charge in [0.2, 0.25) is 0 Å². The lowest BCUT2D eigenvalue weighted by Crippen LogP contribution is -2.31. The van der Waals surface area contributed by atoms with Gasteiger partial charge in [0.15, 0.2) is 0 Å². The van der Waals surface area contributed by atoms with Crippen molar-refractivity contribution in [1.29, 1.82) is 0 Å². The van der Waals surface area contributed by atoms with Gasteiger partial charge in [-0.15, -0.1) is 0 Å². The number of ether oxygens (including phenoxy) is 1. The van der Waals surface area contributed by atoms with Crippen LogP contribution in [0.3, 0.4) is 0 Å². The number of benzene rings is 1. The maximum atomic E-state index is 6.19. The molecular formula is C17H27ClN2O. The molecule has 1 unspecified atom stereocenters. The molecule has 1 heterocycles. The first-order chi connectivity index (χ1) is 10.2. The van der Waals surface area contributed by atoms with E-state index in [-0.39, 0.29) is 0 Å². The van der Waals surface area contributed by atoms with Crippen LogP contribution in [0.4, 0.5) is 5.69 Å². The normalized spacial score (nSPS) is 18.7. The van der Waals surface area contributed by atoms with E-state index in [1.54, 1.807) is 0 Å². The molecule has 4 heteroatoms. The SMILES string of the molecule is CCCNCc1ccc(Cl)cc1N(C)CC1CCCOC1. The molecule has 1 atom stereocenters. The summed E-state index contributed by atoms with van der Waals surface area (Å²) < 4.78 is 5.59. The number of hydrogen-bond donors (Lipinski definition) is 1. The minimum absolute atomic E-state index is 0.624. The predicted octanol–water partition coefficient (Wildman–Crippen LogP) is 3.70. The van der Waals surface area contributed by atoms with E-state index in [0.717, 1.165) is 44.3 Å². The highest BCUT2D eigenvalue weighted by Gasteiger charge is 2.17. The zero-order chi connectivity index (χ0) is 15.1. The summed E-state index contributed by atoms with van der Waals surface area (Å²) in [6, 6.07) is 6.19. The molecule has 3 nitrogen and oxygen atoms in total. The van der Waals surface area contributed by atoms with E-state index in [1.807, 2.05) is 6.07 Å². The van der Waals surface area contributed by atoms with Gasteiger partial charge < -0.3 is 15.0 Å². The number of anilines is 1. The fourth-order valence-electron chi connectivity index (χ4n) is 2.88. The molecule has 1 aliphatic rings. The summed E-state index contributed by atoms with van der Waals surface area (Å²) >= 11 is 6.19. The van der Waals surface area contributed by atoms with Gasteiger partial charge in [-0.1, -0.05) is 24.6 Å². The van der Waals surface area contributed by atoms with Crippen molar-refractivity contribution in [2.45, 2.75) is 32.7 Å². The second-order valence-corrected chi connectivity index (χ2v) is 6.35. The standard InChI is InChI=1S/C17H27ClN2O/c1-3-8-19-11-15-6-7-16(18)10-17(15)20(2)12-14-5-4-9-21-13-14/h6-7,10,14,19H,3-5,8-9,11-13H2,1-2H3.